The summed E-state index contributed by atoms with van der Waals surface area (Å²) in [4.78, 5) is 46.9. The van der Waals surface area contributed by atoms with Crippen molar-refractivity contribution in [2.45, 2.75) is 76.1 Å². The maximum absolute atomic E-state index is 16.9. The molecule has 0 saturated carbocycles. The Kier molecular flexibility index (Phi) is 7.65. The molecule has 5 aliphatic heterocycles. The first-order valence-electron chi connectivity index (χ1n) is 17.9. The summed E-state index contributed by atoms with van der Waals surface area (Å²) < 4.78 is 28.8. The lowest BCUT2D eigenvalue weighted by atomic mass is 9.85. The molecule has 2 aromatic heterocycles. The zero-order valence-electron chi connectivity index (χ0n) is 28.3. The predicted octanol–water partition coefficient (Wildman–Crippen LogP) is 6.02. The van der Waals surface area contributed by atoms with Crippen molar-refractivity contribution in [2.75, 3.05) is 37.7 Å². The molecule has 0 radical (unpaired) electrons. The van der Waals surface area contributed by atoms with Crippen LogP contribution in [-0.4, -0.2) is 93.1 Å². The molecule has 5 aliphatic rings. The highest BCUT2D eigenvalue weighted by atomic mass is 35.5. The number of amides is 1. The van der Waals surface area contributed by atoms with Gasteiger partial charge in [0.15, 0.2) is 11.9 Å². The maximum atomic E-state index is 16.9. The molecule has 4 atom stereocenters. The van der Waals surface area contributed by atoms with Crippen LogP contribution in [0.25, 0.3) is 32.9 Å². The Morgan fingerprint density at radius 1 is 1.08 bits per heavy atom. The third-order valence-electron chi connectivity index (χ3n) is 11.9. The third kappa shape index (κ3) is 4.94. The van der Waals surface area contributed by atoms with Crippen molar-refractivity contribution in [1.82, 2.24) is 24.8 Å². The van der Waals surface area contributed by atoms with E-state index < -0.39 is 17.8 Å². The van der Waals surface area contributed by atoms with Crippen molar-refractivity contribution in [3.63, 3.8) is 0 Å². The van der Waals surface area contributed by atoms with E-state index in [-0.39, 0.29) is 52.6 Å². The molecule has 0 aliphatic carbocycles. The Morgan fingerprint density at radius 3 is 2.50 bits per heavy atom. The second kappa shape index (κ2) is 12.0. The summed E-state index contributed by atoms with van der Waals surface area (Å²) in [7, 11) is 0. The number of benzene rings is 2. The van der Waals surface area contributed by atoms with Crippen molar-refractivity contribution in [2.24, 2.45) is 11.8 Å². The van der Waals surface area contributed by atoms with Crippen molar-refractivity contribution < 1.29 is 23.5 Å². The molecule has 5 fully saturated rings. The van der Waals surface area contributed by atoms with Crippen LogP contribution >= 0.6 is 11.6 Å². The van der Waals surface area contributed by atoms with Gasteiger partial charge in [-0.3, -0.25) is 19.5 Å². The van der Waals surface area contributed by atoms with E-state index in [4.69, 9.17) is 31.0 Å². The summed E-state index contributed by atoms with van der Waals surface area (Å²) in [5, 5.41) is 2.62. The second-order valence-corrected chi connectivity index (χ2v) is 15.4. The van der Waals surface area contributed by atoms with E-state index in [0.717, 1.165) is 62.4 Å². The second-order valence-electron chi connectivity index (χ2n) is 15.0. The van der Waals surface area contributed by atoms with E-state index >= 15 is 4.39 Å². The molecule has 0 N–H and O–H groups in total. The average Bonchev–Trinajstić information content (AvgIpc) is 3.76. The van der Waals surface area contributed by atoms with E-state index in [2.05, 4.69) is 14.8 Å². The Hall–Kier alpha value is -4.09. The number of hydrogen-bond acceptors (Lipinski definition) is 9. The number of hydrogen-bond donors (Lipinski definition) is 0. The quantitative estimate of drug-likeness (QED) is 0.215. The van der Waals surface area contributed by atoms with Crippen LogP contribution in [0.4, 0.5) is 10.2 Å². The lowest BCUT2D eigenvalue weighted by molar-refractivity contribution is -0.197. The van der Waals surface area contributed by atoms with Gasteiger partial charge in [-0.25, -0.2) is 4.39 Å². The minimum absolute atomic E-state index is 0.0206. The number of nitrogens with zero attached hydrogens (tertiary/aromatic N) is 6. The van der Waals surface area contributed by atoms with Crippen molar-refractivity contribution in [3.8, 4) is 17.3 Å². The first-order valence-corrected chi connectivity index (χ1v) is 18.3. The Labute approximate surface area is 294 Å². The van der Waals surface area contributed by atoms with Gasteiger partial charge < -0.3 is 19.3 Å². The monoisotopic (exact) mass is 698 g/mol. The lowest BCUT2D eigenvalue weighted by Gasteiger charge is -2.45. The van der Waals surface area contributed by atoms with Gasteiger partial charge >= 0.3 is 12.0 Å². The molecule has 1 amide bonds. The molecule has 2 aromatic carbocycles. The molecule has 0 unspecified atom stereocenters. The smallest absolute Gasteiger partial charge is 0.319 e. The van der Waals surface area contributed by atoms with Gasteiger partial charge in [0.1, 0.15) is 29.6 Å². The fraction of sp³-hybridized carbons (Fsp3) is 0.500. The molecule has 12 heteroatoms. The number of aromatic nitrogens is 3. The van der Waals surface area contributed by atoms with Gasteiger partial charge in [0.2, 0.25) is 0 Å². The molecular weight excluding hydrogens is 659 g/mol. The minimum atomic E-state index is -0.735. The molecule has 5 saturated heterocycles. The number of anilines is 1. The number of fused-ring (bicyclic) bond motifs is 5. The van der Waals surface area contributed by atoms with Gasteiger partial charge in [0.25, 0.3) is 5.91 Å². The number of carbonyl (C=O) groups is 2. The van der Waals surface area contributed by atoms with Crippen LogP contribution in [0.5, 0.6) is 6.01 Å². The number of cyclic esters (lactones) is 1. The first-order chi connectivity index (χ1) is 24.2. The van der Waals surface area contributed by atoms with Crippen molar-refractivity contribution in [3.05, 3.63) is 53.4 Å². The Balaban J connectivity index is 1.09. The molecule has 260 valence electrons. The SMILES string of the molecule is CC(C)[C@H]1C(=O)O[C@@H]1C(=O)N1[C@@H]2CC[C@H]1CN(c1nc(OCC34CCCN3CCC4)nc3c(F)c(-c4cccc5cccc(Cl)c45)ncc13)C2. The third-order valence-corrected chi connectivity index (χ3v) is 12.2. The summed E-state index contributed by atoms with van der Waals surface area (Å²) in [6.45, 7) is 7.47. The molecule has 2 bridgehead atoms. The molecule has 10 nitrogen and oxygen atoms in total. The topological polar surface area (TPSA) is 101 Å². The number of ether oxygens (including phenoxy) is 2. The highest BCUT2D eigenvalue weighted by molar-refractivity contribution is 6.36. The summed E-state index contributed by atoms with van der Waals surface area (Å²) in [6, 6.07) is 11.2. The van der Waals surface area contributed by atoms with Gasteiger partial charge in [0, 0.05) is 47.3 Å². The van der Waals surface area contributed by atoms with Gasteiger partial charge in [-0.05, 0) is 69.0 Å². The van der Waals surface area contributed by atoms with Crippen molar-refractivity contribution >= 4 is 51.0 Å². The van der Waals surface area contributed by atoms with Crippen LogP contribution in [0.2, 0.25) is 5.02 Å². The molecule has 50 heavy (non-hydrogen) atoms. The number of piperazine rings is 1. The van der Waals surface area contributed by atoms with E-state index in [1.807, 2.05) is 49.1 Å². The molecule has 7 heterocycles. The number of pyridine rings is 1. The largest absolute Gasteiger partial charge is 0.461 e. The maximum Gasteiger partial charge on any atom is 0.319 e. The zero-order chi connectivity index (χ0) is 34.3. The molecule has 4 aromatic rings. The van der Waals surface area contributed by atoms with E-state index in [1.54, 1.807) is 12.3 Å². The van der Waals surface area contributed by atoms with Crippen LogP contribution in [0, 0.1) is 17.7 Å². The number of carbonyl (C=O) groups excluding carboxylic acids is 2. The first kappa shape index (κ1) is 31.9. The van der Waals surface area contributed by atoms with Crippen LogP contribution in [0.3, 0.4) is 0 Å². The Morgan fingerprint density at radius 2 is 1.80 bits per heavy atom. The normalized spacial score (nSPS) is 25.7. The number of esters is 1. The fourth-order valence-electron chi connectivity index (χ4n) is 9.40. The number of halogens is 2. The summed E-state index contributed by atoms with van der Waals surface area (Å²) in [5.41, 5.74) is 0.846. The van der Waals surface area contributed by atoms with E-state index in [0.29, 0.717) is 41.5 Å². The fourth-order valence-corrected chi connectivity index (χ4v) is 9.69. The highest BCUT2D eigenvalue weighted by Crippen LogP contribution is 2.42. The highest BCUT2D eigenvalue weighted by Gasteiger charge is 2.54. The van der Waals surface area contributed by atoms with Gasteiger partial charge in [-0.2, -0.15) is 9.97 Å². The summed E-state index contributed by atoms with van der Waals surface area (Å²) in [6.07, 6.45) is 6.95. The average molecular weight is 699 g/mol. The summed E-state index contributed by atoms with van der Waals surface area (Å²) >= 11 is 6.65. The number of rotatable bonds is 7. The van der Waals surface area contributed by atoms with Crippen LogP contribution in [-0.2, 0) is 14.3 Å². The van der Waals surface area contributed by atoms with Crippen molar-refractivity contribution in [1.29, 1.82) is 0 Å². The molecule has 0 spiro atoms. The van der Waals surface area contributed by atoms with E-state index in [1.165, 1.54) is 0 Å². The predicted molar refractivity (Wildman–Crippen MR) is 188 cm³/mol. The molecule has 9 rings (SSSR count). The zero-order valence-corrected chi connectivity index (χ0v) is 29.0. The van der Waals surface area contributed by atoms with Gasteiger partial charge in [0.05, 0.1) is 10.9 Å². The minimum Gasteiger partial charge on any atom is -0.461 e. The van der Waals surface area contributed by atoms with Gasteiger partial charge in [-0.15, -0.1) is 0 Å². The van der Waals surface area contributed by atoms with Crippen LogP contribution < -0.4 is 9.64 Å². The molecular formula is C38H40ClFN6O4. The van der Waals surface area contributed by atoms with E-state index in [9.17, 15) is 9.59 Å². The lowest BCUT2D eigenvalue weighted by Crippen LogP contribution is -2.63. The standard InChI is InChI=1S/C38H40ClFN6O4/c1-21(2)28-33(50-36(28)48)35(47)46-23-11-12-24(46)19-44(18-23)34-26-17-41-31(25-9-3-7-22-8-4-10-27(39)29(22)25)30(40)32(26)42-37(43-34)49-20-38-13-5-15-45(38)16-6-14-38/h3-4,7-10,17,21,23-24,28,33H,5-6,11-16,18-20H2,1-2H3/t23-,24+,28-,33+/m1/s1. The van der Waals surface area contributed by atoms with Crippen LogP contribution in [0.15, 0.2) is 42.6 Å². The van der Waals surface area contributed by atoms with Gasteiger partial charge in [-0.1, -0.05) is 55.8 Å². The van der Waals surface area contributed by atoms with Crippen LogP contribution in [0.1, 0.15) is 52.4 Å². The Bertz CT molecular complexity index is 2010. The summed E-state index contributed by atoms with van der Waals surface area (Å²) in [5.74, 6) is -0.831.